The summed E-state index contributed by atoms with van der Waals surface area (Å²) in [6.07, 6.45) is 3.79. The minimum absolute atomic E-state index is 0.00977. The van der Waals surface area contributed by atoms with E-state index in [2.05, 4.69) is 6.92 Å². The van der Waals surface area contributed by atoms with Crippen LogP contribution in [0, 0.1) is 5.92 Å². The quantitative estimate of drug-likeness (QED) is 0.797. The summed E-state index contributed by atoms with van der Waals surface area (Å²) in [5, 5.41) is 9.15. The Balaban J connectivity index is 2.68. The minimum Gasteiger partial charge on any atom is -0.480 e. The highest BCUT2D eigenvalue weighted by molar-refractivity contribution is 5.83. The van der Waals surface area contributed by atoms with E-state index in [1.54, 1.807) is 4.90 Å². The molecule has 0 aliphatic carbocycles. The Bertz CT molecular complexity index is 265. The molecule has 1 aliphatic rings. The monoisotopic (exact) mass is 227 g/mol. The molecule has 0 aromatic rings. The molecule has 0 saturated carbocycles. The molecule has 0 bridgehead atoms. The first kappa shape index (κ1) is 13.0. The average Bonchev–Trinajstić information content (AvgIpc) is 2.28. The summed E-state index contributed by atoms with van der Waals surface area (Å²) in [5.41, 5.74) is 0. The number of likely N-dealkylation sites (tertiary alicyclic amines) is 1. The van der Waals surface area contributed by atoms with E-state index in [1.807, 2.05) is 6.92 Å². The first-order valence-electron chi connectivity index (χ1n) is 6.12. The van der Waals surface area contributed by atoms with Gasteiger partial charge in [-0.15, -0.1) is 0 Å². The second kappa shape index (κ2) is 5.87. The SMILES string of the molecule is CCCC(=O)N1CCC(CC)CC1C(=O)O. The number of hydrogen-bond acceptors (Lipinski definition) is 2. The topological polar surface area (TPSA) is 57.6 Å². The standard InChI is InChI=1S/C12H21NO3/c1-3-5-11(14)13-7-6-9(4-2)8-10(13)12(15)16/h9-10H,3-8H2,1-2H3,(H,15,16). The number of nitrogens with zero attached hydrogens (tertiary/aromatic N) is 1. The van der Waals surface area contributed by atoms with Gasteiger partial charge in [-0.25, -0.2) is 4.79 Å². The molecule has 1 heterocycles. The maximum Gasteiger partial charge on any atom is 0.326 e. The Morgan fingerprint density at radius 3 is 2.56 bits per heavy atom. The normalized spacial score (nSPS) is 25.5. The lowest BCUT2D eigenvalue weighted by atomic mass is 9.88. The second-order valence-corrected chi connectivity index (χ2v) is 4.49. The van der Waals surface area contributed by atoms with Crippen molar-refractivity contribution in [2.45, 2.75) is 52.0 Å². The smallest absolute Gasteiger partial charge is 0.326 e. The van der Waals surface area contributed by atoms with Crippen LogP contribution in [-0.2, 0) is 9.59 Å². The van der Waals surface area contributed by atoms with Gasteiger partial charge in [0.1, 0.15) is 6.04 Å². The van der Waals surface area contributed by atoms with Gasteiger partial charge in [-0.2, -0.15) is 0 Å². The van der Waals surface area contributed by atoms with E-state index < -0.39 is 12.0 Å². The van der Waals surface area contributed by atoms with E-state index in [1.165, 1.54) is 0 Å². The number of amides is 1. The number of piperidine rings is 1. The van der Waals surface area contributed by atoms with E-state index in [-0.39, 0.29) is 5.91 Å². The van der Waals surface area contributed by atoms with Crippen LogP contribution in [0.1, 0.15) is 46.0 Å². The molecule has 1 amide bonds. The fourth-order valence-corrected chi connectivity index (χ4v) is 2.30. The summed E-state index contributed by atoms with van der Waals surface area (Å²) in [6.45, 7) is 4.62. The van der Waals surface area contributed by atoms with E-state index in [0.717, 1.165) is 19.3 Å². The van der Waals surface area contributed by atoms with E-state index in [9.17, 15) is 9.59 Å². The summed E-state index contributed by atoms with van der Waals surface area (Å²) in [7, 11) is 0. The molecule has 1 N–H and O–H groups in total. The zero-order chi connectivity index (χ0) is 12.1. The Morgan fingerprint density at radius 1 is 1.38 bits per heavy atom. The van der Waals surface area contributed by atoms with Crippen molar-refractivity contribution >= 4 is 11.9 Å². The fourth-order valence-electron chi connectivity index (χ4n) is 2.30. The first-order chi connectivity index (χ1) is 7.60. The molecule has 2 unspecified atom stereocenters. The van der Waals surface area contributed by atoms with Crippen LogP contribution in [-0.4, -0.2) is 34.5 Å². The van der Waals surface area contributed by atoms with E-state index in [4.69, 9.17) is 5.11 Å². The molecule has 1 fully saturated rings. The van der Waals surface area contributed by atoms with E-state index >= 15 is 0 Å². The molecule has 0 aromatic heterocycles. The van der Waals surface area contributed by atoms with Crippen molar-refractivity contribution < 1.29 is 14.7 Å². The third-order valence-electron chi connectivity index (χ3n) is 3.36. The van der Waals surface area contributed by atoms with Gasteiger partial charge in [0, 0.05) is 13.0 Å². The van der Waals surface area contributed by atoms with Gasteiger partial charge in [0.15, 0.2) is 0 Å². The highest BCUT2D eigenvalue weighted by Crippen LogP contribution is 2.26. The van der Waals surface area contributed by atoms with Crippen molar-refractivity contribution in [1.82, 2.24) is 4.90 Å². The average molecular weight is 227 g/mol. The number of rotatable bonds is 4. The molecule has 0 radical (unpaired) electrons. The number of carbonyl (C=O) groups is 2. The Kier molecular flexibility index (Phi) is 4.77. The van der Waals surface area contributed by atoms with Crippen LogP contribution in [0.2, 0.25) is 0 Å². The van der Waals surface area contributed by atoms with Crippen molar-refractivity contribution in [2.75, 3.05) is 6.54 Å². The minimum atomic E-state index is -0.859. The third-order valence-corrected chi connectivity index (χ3v) is 3.36. The van der Waals surface area contributed by atoms with Gasteiger partial charge in [-0.05, 0) is 25.2 Å². The van der Waals surface area contributed by atoms with Gasteiger partial charge in [-0.3, -0.25) is 4.79 Å². The predicted molar refractivity (Wildman–Crippen MR) is 61.1 cm³/mol. The van der Waals surface area contributed by atoms with Gasteiger partial charge in [0.2, 0.25) is 5.91 Å². The number of carboxylic acid groups (broad SMARTS) is 1. The van der Waals surface area contributed by atoms with Gasteiger partial charge in [0.25, 0.3) is 0 Å². The number of carbonyl (C=O) groups excluding carboxylic acids is 1. The van der Waals surface area contributed by atoms with E-state index in [0.29, 0.717) is 25.3 Å². The van der Waals surface area contributed by atoms with Gasteiger partial charge in [0.05, 0.1) is 0 Å². The molecule has 1 saturated heterocycles. The molecule has 1 rings (SSSR count). The highest BCUT2D eigenvalue weighted by Gasteiger charge is 2.34. The van der Waals surface area contributed by atoms with Crippen molar-refractivity contribution in [2.24, 2.45) is 5.92 Å². The molecule has 16 heavy (non-hydrogen) atoms. The van der Waals surface area contributed by atoms with Crippen LogP contribution in [0.3, 0.4) is 0 Å². The summed E-state index contributed by atoms with van der Waals surface area (Å²) in [6, 6.07) is -0.599. The number of hydrogen-bond donors (Lipinski definition) is 1. The molecule has 4 nitrogen and oxygen atoms in total. The molecule has 92 valence electrons. The van der Waals surface area contributed by atoms with Crippen molar-refractivity contribution in [3.8, 4) is 0 Å². The lowest BCUT2D eigenvalue weighted by Crippen LogP contribution is -2.50. The maximum absolute atomic E-state index is 11.8. The first-order valence-corrected chi connectivity index (χ1v) is 6.12. The largest absolute Gasteiger partial charge is 0.480 e. The summed E-state index contributed by atoms with van der Waals surface area (Å²) in [5.74, 6) is -0.418. The predicted octanol–water partition coefficient (Wildman–Crippen LogP) is 1.89. The fraction of sp³-hybridized carbons (Fsp3) is 0.833. The highest BCUT2D eigenvalue weighted by atomic mass is 16.4. The number of aliphatic carboxylic acids is 1. The number of carboxylic acids is 1. The zero-order valence-corrected chi connectivity index (χ0v) is 10.1. The summed E-state index contributed by atoms with van der Waals surface area (Å²) >= 11 is 0. The molecule has 0 aromatic carbocycles. The second-order valence-electron chi connectivity index (χ2n) is 4.49. The van der Waals surface area contributed by atoms with Gasteiger partial charge >= 0.3 is 5.97 Å². The van der Waals surface area contributed by atoms with Crippen LogP contribution >= 0.6 is 0 Å². The molecule has 1 aliphatic heterocycles. The van der Waals surface area contributed by atoms with Crippen LogP contribution < -0.4 is 0 Å². The van der Waals surface area contributed by atoms with Crippen LogP contribution in [0.4, 0.5) is 0 Å². The molecular formula is C12H21NO3. The summed E-state index contributed by atoms with van der Waals surface area (Å²) < 4.78 is 0. The molecular weight excluding hydrogens is 206 g/mol. The Labute approximate surface area is 96.6 Å². The third kappa shape index (κ3) is 2.97. The Hall–Kier alpha value is -1.06. The lowest BCUT2D eigenvalue weighted by molar-refractivity contribution is -0.153. The molecule has 4 heteroatoms. The van der Waals surface area contributed by atoms with Gasteiger partial charge in [-0.1, -0.05) is 20.3 Å². The lowest BCUT2D eigenvalue weighted by Gasteiger charge is -2.37. The van der Waals surface area contributed by atoms with Crippen LogP contribution in [0.25, 0.3) is 0 Å². The van der Waals surface area contributed by atoms with Crippen LogP contribution in [0.15, 0.2) is 0 Å². The van der Waals surface area contributed by atoms with Gasteiger partial charge < -0.3 is 10.0 Å². The van der Waals surface area contributed by atoms with Crippen molar-refractivity contribution in [3.05, 3.63) is 0 Å². The summed E-state index contributed by atoms with van der Waals surface area (Å²) in [4.78, 5) is 24.5. The Morgan fingerprint density at radius 2 is 2.06 bits per heavy atom. The van der Waals surface area contributed by atoms with Crippen molar-refractivity contribution in [3.63, 3.8) is 0 Å². The molecule has 2 atom stereocenters. The zero-order valence-electron chi connectivity index (χ0n) is 10.1. The maximum atomic E-state index is 11.8. The van der Waals surface area contributed by atoms with Crippen LogP contribution in [0.5, 0.6) is 0 Å². The molecule has 0 spiro atoms. The van der Waals surface area contributed by atoms with Crippen molar-refractivity contribution in [1.29, 1.82) is 0 Å².